The van der Waals surface area contributed by atoms with Crippen LogP contribution in [0.3, 0.4) is 0 Å². The van der Waals surface area contributed by atoms with E-state index in [1.165, 1.54) is 35.6 Å². The molecule has 0 aliphatic rings. The molecule has 0 saturated heterocycles. The summed E-state index contributed by atoms with van der Waals surface area (Å²) < 4.78 is 26.4. The third-order valence-electron chi connectivity index (χ3n) is 3.45. The standard InChI is InChI=1S/C18H12F2N2O2S/c19-11-3-1-10(2-4-11)15-7-8-16(25-15)18(24)22-12-5-6-14(20)13(9-12)17(21)23/h1-9H,(H2,21,23)(H,22,24). The number of rotatable bonds is 4. The van der Waals surface area contributed by atoms with Crippen LogP contribution < -0.4 is 11.1 Å². The summed E-state index contributed by atoms with van der Waals surface area (Å²) >= 11 is 1.23. The van der Waals surface area contributed by atoms with E-state index in [-0.39, 0.29) is 17.1 Å². The van der Waals surface area contributed by atoms with Crippen LogP contribution in [0.25, 0.3) is 10.4 Å². The molecule has 0 radical (unpaired) electrons. The first-order valence-corrected chi connectivity index (χ1v) is 8.02. The van der Waals surface area contributed by atoms with E-state index in [1.54, 1.807) is 24.3 Å². The highest BCUT2D eigenvalue weighted by atomic mass is 32.1. The van der Waals surface area contributed by atoms with Crippen LogP contribution in [-0.4, -0.2) is 11.8 Å². The van der Waals surface area contributed by atoms with Crippen molar-refractivity contribution < 1.29 is 18.4 Å². The maximum atomic E-state index is 13.5. The molecule has 1 heterocycles. The number of carbonyl (C=O) groups excluding carboxylic acids is 2. The Balaban J connectivity index is 1.79. The molecule has 3 aromatic rings. The topological polar surface area (TPSA) is 72.2 Å². The van der Waals surface area contributed by atoms with E-state index in [9.17, 15) is 18.4 Å². The minimum absolute atomic E-state index is 0.261. The quantitative estimate of drug-likeness (QED) is 0.739. The SMILES string of the molecule is NC(=O)c1cc(NC(=O)c2ccc(-c3ccc(F)cc3)s2)ccc1F. The third kappa shape index (κ3) is 3.72. The third-order valence-corrected chi connectivity index (χ3v) is 4.58. The molecular formula is C18H12F2N2O2S. The number of nitrogens with two attached hydrogens (primary N) is 1. The summed E-state index contributed by atoms with van der Waals surface area (Å²) in [6, 6.07) is 12.9. The monoisotopic (exact) mass is 358 g/mol. The first-order valence-electron chi connectivity index (χ1n) is 7.20. The molecule has 3 rings (SSSR count). The lowest BCUT2D eigenvalue weighted by molar-refractivity contribution is 0.0993. The van der Waals surface area contributed by atoms with Crippen molar-refractivity contribution in [1.29, 1.82) is 0 Å². The molecule has 0 spiro atoms. The van der Waals surface area contributed by atoms with E-state index in [4.69, 9.17) is 5.73 Å². The molecule has 0 aliphatic heterocycles. The van der Waals surface area contributed by atoms with Gasteiger partial charge in [0.2, 0.25) is 0 Å². The Hall–Kier alpha value is -3.06. The first-order chi connectivity index (χ1) is 11.9. The van der Waals surface area contributed by atoms with Crippen LogP contribution >= 0.6 is 11.3 Å². The summed E-state index contributed by atoms with van der Waals surface area (Å²) in [7, 11) is 0. The lowest BCUT2D eigenvalue weighted by Crippen LogP contribution is -2.15. The predicted octanol–water partition coefficient (Wildman–Crippen LogP) is 4.04. The molecule has 0 saturated carbocycles. The van der Waals surface area contributed by atoms with E-state index >= 15 is 0 Å². The van der Waals surface area contributed by atoms with E-state index in [0.29, 0.717) is 4.88 Å². The number of halogens is 2. The number of anilines is 1. The van der Waals surface area contributed by atoms with Gasteiger partial charge in [-0.1, -0.05) is 12.1 Å². The van der Waals surface area contributed by atoms with Gasteiger partial charge >= 0.3 is 0 Å². The molecule has 0 bridgehead atoms. The number of primary amides is 1. The van der Waals surface area contributed by atoms with Crippen molar-refractivity contribution in [2.45, 2.75) is 0 Å². The predicted molar refractivity (Wildman–Crippen MR) is 92.6 cm³/mol. The smallest absolute Gasteiger partial charge is 0.265 e. The van der Waals surface area contributed by atoms with Crippen molar-refractivity contribution in [1.82, 2.24) is 0 Å². The normalized spacial score (nSPS) is 10.5. The van der Waals surface area contributed by atoms with Gasteiger partial charge in [-0.15, -0.1) is 11.3 Å². The second-order valence-corrected chi connectivity index (χ2v) is 6.27. The Morgan fingerprint density at radius 1 is 0.960 bits per heavy atom. The minimum atomic E-state index is -0.914. The lowest BCUT2D eigenvalue weighted by atomic mass is 10.1. The Morgan fingerprint density at radius 2 is 1.68 bits per heavy atom. The molecule has 7 heteroatoms. The zero-order chi connectivity index (χ0) is 18.0. The van der Waals surface area contributed by atoms with Crippen LogP contribution in [0.2, 0.25) is 0 Å². The van der Waals surface area contributed by atoms with E-state index in [2.05, 4.69) is 5.32 Å². The van der Waals surface area contributed by atoms with Gasteiger partial charge in [0, 0.05) is 10.6 Å². The van der Waals surface area contributed by atoms with Crippen molar-refractivity contribution >= 4 is 28.8 Å². The van der Waals surface area contributed by atoms with Crippen LogP contribution in [0.5, 0.6) is 0 Å². The van der Waals surface area contributed by atoms with Gasteiger partial charge in [-0.25, -0.2) is 8.78 Å². The van der Waals surface area contributed by atoms with Crippen molar-refractivity contribution in [3.05, 3.63) is 76.7 Å². The van der Waals surface area contributed by atoms with Crippen molar-refractivity contribution in [3.8, 4) is 10.4 Å². The summed E-state index contributed by atoms with van der Waals surface area (Å²) in [6.07, 6.45) is 0. The lowest BCUT2D eigenvalue weighted by Gasteiger charge is -2.06. The largest absolute Gasteiger partial charge is 0.366 e. The molecular weight excluding hydrogens is 346 g/mol. The van der Waals surface area contributed by atoms with Crippen molar-refractivity contribution in [2.75, 3.05) is 5.32 Å². The molecule has 2 amide bonds. The fourth-order valence-corrected chi connectivity index (χ4v) is 3.12. The highest BCUT2D eigenvalue weighted by Crippen LogP contribution is 2.29. The molecule has 0 atom stereocenters. The maximum Gasteiger partial charge on any atom is 0.265 e. The van der Waals surface area contributed by atoms with Crippen molar-refractivity contribution in [3.63, 3.8) is 0 Å². The van der Waals surface area contributed by atoms with E-state index in [0.717, 1.165) is 16.5 Å². The fourth-order valence-electron chi connectivity index (χ4n) is 2.21. The highest BCUT2D eigenvalue weighted by molar-refractivity contribution is 7.17. The molecule has 4 nitrogen and oxygen atoms in total. The zero-order valence-electron chi connectivity index (χ0n) is 12.8. The number of hydrogen-bond acceptors (Lipinski definition) is 3. The fraction of sp³-hybridized carbons (Fsp3) is 0. The summed E-state index contributed by atoms with van der Waals surface area (Å²) in [5.41, 5.74) is 5.85. The number of amides is 2. The van der Waals surface area contributed by atoms with Gasteiger partial charge in [-0.2, -0.15) is 0 Å². The molecule has 0 aliphatic carbocycles. The van der Waals surface area contributed by atoms with E-state index < -0.39 is 17.6 Å². The van der Waals surface area contributed by atoms with Gasteiger partial charge in [0.1, 0.15) is 11.6 Å². The number of carbonyl (C=O) groups is 2. The molecule has 0 unspecified atom stereocenters. The van der Waals surface area contributed by atoms with Crippen LogP contribution in [-0.2, 0) is 0 Å². The molecule has 0 fully saturated rings. The average molecular weight is 358 g/mol. The Labute approximate surface area is 145 Å². The molecule has 25 heavy (non-hydrogen) atoms. The van der Waals surface area contributed by atoms with Gasteiger partial charge in [0.25, 0.3) is 11.8 Å². The number of thiophene rings is 1. The number of benzene rings is 2. The highest BCUT2D eigenvalue weighted by Gasteiger charge is 2.13. The van der Waals surface area contributed by atoms with E-state index in [1.807, 2.05) is 0 Å². The van der Waals surface area contributed by atoms with Crippen LogP contribution in [0.4, 0.5) is 14.5 Å². The maximum absolute atomic E-state index is 13.5. The van der Waals surface area contributed by atoms with Gasteiger partial charge < -0.3 is 11.1 Å². The Kier molecular flexibility index (Phi) is 4.58. The van der Waals surface area contributed by atoms with Gasteiger partial charge in [-0.3, -0.25) is 9.59 Å². The number of nitrogens with one attached hydrogen (secondary N) is 1. The number of hydrogen-bond donors (Lipinski definition) is 2. The van der Waals surface area contributed by atoms with Gasteiger partial charge in [0.05, 0.1) is 10.4 Å². The second-order valence-electron chi connectivity index (χ2n) is 5.18. The zero-order valence-corrected chi connectivity index (χ0v) is 13.6. The van der Waals surface area contributed by atoms with Crippen LogP contribution in [0, 0.1) is 11.6 Å². The molecule has 3 N–H and O–H groups in total. The molecule has 126 valence electrons. The van der Waals surface area contributed by atoms with Gasteiger partial charge in [0.15, 0.2) is 0 Å². The van der Waals surface area contributed by atoms with Crippen molar-refractivity contribution in [2.24, 2.45) is 5.73 Å². The van der Waals surface area contributed by atoms with Crippen LogP contribution in [0.15, 0.2) is 54.6 Å². The summed E-state index contributed by atoms with van der Waals surface area (Å²) in [5.74, 6) is -2.40. The minimum Gasteiger partial charge on any atom is -0.366 e. The Morgan fingerprint density at radius 3 is 2.36 bits per heavy atom. The average Bonchev–Trinajstić information content (AvgIpc) is 3.07. The Bertz CT molecular complexity index is 952. The summed E-state index contributed by atoms with van der Waals surface area (Å²) in [5, 5.41) is 2.59. The van der Waals surface area contributed by atoms with Crippen LogP contribution in [0.1, 0.15) is 20.0 Å². The second kappa shape index (κ2) is 6.82. The summed E-state index contributed by atoms with van der Waals surface area (Å²) in [6.45, 7) is 0. The van der Waals surface area contributed by atoms with Gasteiger partial charge in [-0.05, 0) is 48.0 Å². The first kappa shape index (κ1) is 16.8. The molecule has 1 aromatic heterocycles. The summed E-state index contributed by atoms with van der Waals surface area (Å²) in [4.78, 5) is 24.7. The molecule has 2 aromatic carbocycles.